The van der Waals surface area contributed by atoms with Gasteiger partial charge in [-0.1, -0.05) is 0 Å². The van der Waals surface area contributed by atoms with Gasteiger partial charge in [-0.2, -0.15) is 5.26 Å². The molecule has 9 nitrogen and oxygen atoms in total. The first-order valence-corrected chi connectivity index (χ1v) is 10.3. The van der Waals surface area contributed by atoms with Gasteiger partial charge in [-0.25, -0.2) is 4.98 Å². The van der Waals surface area contributed by atoms with E-state index in [9.17, 15) is 10.1 Å². The molecule has 0 atom stereocenters. The molecule has 2 aromatic heterocycles. The van der Waals surface area contributed by atoms with Crippen molar-refractivity contribution >= 4 is 39.0 Å². The van der Waals surface area contributed by atoms with Gasteiger partial charge in [0.25, 0.3) is 5.91 Å². The summed E-state index contributed by atoms with van der Waals surface area (Å²) in [4.78, 5) is 17.8. The first-order valence-electron chi connectivity index (χ1n) is 9.46. The SMILES string of the molecule is COc1cc(-c2c(C#N)c(N)nc3sc(C(=O)NC4CC4)c(N)c23)cc(OC)c1OC. The summed E-state index contributed by atoms with van der Waals surface area (Å²) < 4.78 is 16.3. The lowest BCUT2D eigenvalue weighted by Crippen LogP contribution is -2.25. The molecule has 2 heterocycles. The Bertz CT molecular complexity index is 1220. The summed E-state index contributed by atoms with van der Waals surface area (Å²) in [5.74, 6) is 1.02. The second-order valence-corrected chi connectivity index (χ2v) is 8.04. The van der Waals surface area contributed by atoms with Gasteiger partial charge in [0.2, 0.25) is 5.75 Å². The number of pyridine rings is 1. The number of nitrogens with zero attached hydrogens (tertiary/aromatic N) is 2. The second-order valence-electron chi connectivity index (χ2n) is 7.05. The van der Waals surface area contributed by atoms with Gasteiger partial charge in [-0.15, -0.1) is 11.3 Å². The van der Waals surface area contributed by atoms with Crippen LogP contribution in [0, 0.1) is 11.3 Å². The highest BCUT2D eigenvalue weighted by molar-refractivity contribution is 7.21. The van der Waals surface area contributed by atoms with E-state index in [0.717, 1.165) is 24.2 Å². The van der Waals surface area contributed by atoms with Gasteiger partial charge in [0.05, 0.1) is 27.0 Å². The number of ether oxygens (including phenoxy) is 3. The minimum atomic E-state index is -0.254. The van der Waals surface area contributed by atoms with Crippen LogP contribution in [0.15, 0.2) is 12.1 Å². The molecule has 4 rings (SSSR count). The monoisotopic (exact) mass is 439 g/mol. The van der Waals surface area contributed by atoms with Gasteiger partial charge in [-0.3, -0.25) is 4.79 Å². The van der Waals surface area contributed by atoms with Crippen molar-refractivity contribution in [1.82, 2.24) is 10.3 Å². The number of nitriles is 1. The summed E-state index contributed by atoms with van der Waals surface area (Å²) in [5.41, 5.74) is 14.0. The summed E-state index contributed by atoms with van der Waals surface area (Å²) in [6, 6.07) is 5.71. The number of rotatable bonds is 6. The lowest BCUT2D eigenvalue weighted by atomic mass is 9.96. The van der Waals surface area contributed by atoms with Crippen LogP contribution in [-0.2, 0) is 0 Å². The third-order valence-corrected chi connectivity index (χ3v) is 6.19. The molecule has 1 fully saturated rings. The van der Waals surface area contributed by atoms with Gasteiger partial charge >= 0.3 is 0 Å². The van der Waals surface area contributed by atoms with Crippen LogP contribution in [0.1, 0.15) is 28.1 Å². The van der Waals surface area contributed by atoms with Crippen LogP contribution < -0.4 is 31.0 Å². The zero-order chi connectivity index (χ0) is 22.3. The Hall–Kier alpha value is -3.71. The van der Waals surface area contributed by atoms with E-state index in [4.69, 9.17) is 25.7 Å². The normalized spacial score (nSPS) is 13.0. The molecular weight excluding hydrogens is 418 g/mol. The predicted octanol–water partition coefficient (Wildman–Crippen LogP) is 2.92. The standard InChI is InChI=1S/C21H21N5O4S/c1-28-12-6-9(7-13(29-2)17(12)30-3)14-11(8-22)19(24)26-21-15(14)16(23)18(31-21)20(27)25-10-4-5-10/h6-7,10H,4-5,23H2,1-3H3,(H2,24,26)(H,25,27). The Labute approximate surface area is 182 Å². The van der Waals surface area contributed by atoms with Gasteiger partial charge in [0.15, 0.2) is 11.5 Å². The highest BCUT2D eigenvalue weighted by Crippen LogP contribution is 2.47. The molecular formula is C21H21N5O4S. The number of methoxy groups -OCH3 is 3. The molecule has 0 aliphatic heterocycles. The van der Waals surface area contributed by atoms with Gasteiger partial charge in [-0.05, 0) is 30.5 Å². The molecule has 0 unspecified atom stereocenters. The maximum Gasteiger partial charge on any atom is 0.263 e. The number of hydrogen-bond donors (Lipinski definition) is 3. The van der Waals surface area contributed by atoms with Crippen LogP contribution in [-0.4, -0.2) is 38.3 Å². The Morgan fingerprint density at radius 3 is 2.35 bits per heavy atom. The molecule has 0 radical (unpaired) electrons. The number of thiophene rings is 1. The number of amides is 1. The molecule has 10 heteroatoms. The molecule has 31 heavy (non-hydrogen) atoms. The van der Waals surface area contributed by atoms with Crippen molar-refractivity contribution in [2.24, 2.45) is 0 Å². The number of nitrogens with two attached hydrogens (primary N) is 2. The number of anilines is 2. The number of benzene rings is 1. The maximum atomic E-state index is 12.7. The zero-order valence-electron chi connectivity index (χ0n) is 17.2. The van der Waals surface area contributed by atoms with Crippen LogP contribution in [0.25, 0.3) is 21.3 Å². The molecule has 5 N–H and O–H groups in total. The van der Waals surface area contributed by atoms with E-state index >= 15 is 0 Å². The van der Waals surface area contributed by atoms with E-state index in [-0.39, 0.29) is 29.0 Å². The smallest absolute Gasteiger partial charge is 0.263 e. The van der Waals surface area contributed by atoms with Crippen molar-refractivity contribution in [3.8, 4) is 34.4 Å². The number of hydrogen-bond acceptors (Lipinski definition) is 9. The summed E-state index contributed by atoms with van der Waals surface area (Å²) in [7, 11) is 4.51. The van der Waals surface area contributed by atoms with Gasteiger partial charge in [0.1, 0.15) is 27.2 Å². The van der Waals surface area contributed by atoms with Crippen LogP contribution in [0.3, 0.4) is 0 Å². The third kappa shape index (κ3) is 3.43. The average Bonchev–Trinajstić information content (AvgIpc) is 3.52. The van der Waals surface area contributed by atoms with E-state index in [2.05, 4.69) is 16.4 Å². The zero-order valence-corrected chi connectivity index (χ0v) is 18.1. The van der Waals surface area contributed by atoms with Crippen molar-refractivity contribution in [1.29, 1.82) is 5.26 Å². The van der Waals surface area contributed by atoms with Crippen LogP contribution in [0.2, 0.25) is 0 Å². The number of fused-ring (bicyclic) bond motifs is 1. The molecule has 0 spiro atoms. The Kier molecular flexibility index (Phi) is 5.20. The Balaban J connectivity index is 2.02. The van der Waals surface area contributed by atoms with E-state index < -0.39 is 0 Å². The number of carbonyl (C=O) groups is 1. The fraction of sp³-hybridized carbons (Fsp3) is 0.286. The third-order valence-electron chi connectivity index (χ3n) is 5.09. The lowest BCUT2D eigenvalue weighted by molar-refractivity contribution is 0.0956. The van der Waals surface area contributed by atoms with E-state index in [1.54, 1.807) is 12.1 Å². The minimum absolute atomic E-state index is 0.0501. The summed E-state index contributed by atoms with van der Waals surface area (Å²) in [5, 5.41) is 13.3. The van der Waals surface area contributed by atoms with Crippen LogP contribution in [0.5, 0.6) is 17.2 Å². The lowest BCUT2D eigenvalue weighted by Gasteiger charge is -2.16. The quantitative estimate of drug-likeness (QED) is 0.531. The summed E-state index contributed by atoms with van der Waals surface area (Å²) in [6.45, 7) is 0. The predicted molar refractivity (Wildman–Crippen MR) is 119 cm³/mol. The molecule has 160 valence electrons. The van der Waals surface area contributed by atoms with E-state index in [0.29, 0.717) is 43.5 Å². The van der Waals surface area contributed by atoms with Crippen molar-refractivity contribution in [2.75, 3.05) is 32.8 Å². The van der Waals surface area contributed by atoms with Crippen molar-refractivity contribution in [3.05, 3.63) is 22.6 Å². The summed E-state index contributed by atoms with van der Waals surface area (Å²) >= 11 is 1.15. The van der Waals surface area contributed by atoms with Crippen LogP contribution >= 0.6 is 11.3 Å². The number of nitrogen functional groups attached to an aromatic ring is 2. The number of carbonyl (C=O) groups excluding carboxylic acids is 1. The van der Waals surface area contributed by atoms with E-state index in [1.165, 1.54) is 21.3 Å². The second kappa shape index (κ2) is 7.85. The molecule has 1 amide bonds. The fourth-order valence-corrected chi connectivity index (χ4v) is 4.46. The highest BCUT2D eigenvalue weighted by atomic mass is 32.1. The van der Waals surface area contributed by atoms with Gasteiger partial charge in [0, 0.05) is 17.0 Å². The van der Waals surface area contributed by atoms with Crippen molar-refractivity contribution < 1.29 is 19.0 Å². The Morgan fingerprint density at radius 1 is 1.19 bits per heavy atom. The molecule has 1 aliphatic rings. The van der Waals surface area contributed by atoms with E-state index in [1.807, 2.05) is 0 Å². The van der Waals surface area contributed by atoms with Crippen molar-refractivity contribution in [3.63, 3.8) is 0 Å². The van der Waals surface area contributed by atoms with Gasteiger partial charge < -0.3 is 31.0 Å². The number of aromatic nitrogens is 1. The van der Waals surface area contributed by atoms with Crippen LogP contribution in [0.4, 0.5) is 11.5 Å². The first kappa shape index (κ1) is 20.6. The first-order chi connectivity index (χ1) is 14.9. The Morgan fingerprint density at radius 2 is 1.84 bits per heavy atom. The largest absolute Gasteiger partial charge is 0.493 e. The average molecular weight is 439 g/mol. The highest BCUT2D eigenvalue weighted by Gasteiger charge is 2.29. The summed E-state index contributed by atoms with van der Waals surface area (Å²) in [6.07, 6.45) is 1.91. The molecule has 1 saturated carbocycles. The maximum absolute atomic E-state index is 12.7. The topological polar surface area (TPSA) is 146 Å². The molecule has 1 aliphatic carbocycles. The minimum Gasteiger partial charge on any atom is -0.493 e. The number of nitrogens with one attached hydrogen (secondary N) is 1. The van der Waals surface area contributed by atoms with Crippen molar-refractivity contribution in [2.45, 2.75) is 18.9 Å². The fourth-order valence-electron chi connectivity index (χ4n) is 3.44. The molecule has 3 aromatic rings. The molecule has 1 aromatic carbocycles. The molecule has 0 saturated heterocycles. The molecule has 0 bridgehead atoms.